The summed E-state index contributed by atoms with van der Waals surface area (Å²) in [7, 11) is -3.63. The predicted molar refractivity (Wildman–Crippen MR) is 85.5 cm³/mol. The zero-order valence-corrected chi connectivity index (χ0v) is 15.1. The number of hydrogen-bond donors (Lipinski definition) is 0. The second kappa shape index (κ2) is 7.73. The molecule has 1 aromatic heterocycles. The Bertz CT molecular complexity index is 549. The van der Waals surface area contributed by atoms with Crippen molar-refractivity contribution < 1.29 is 8.42 Å². The molecule has 0 radical (unpaired) electrons. The van der Waals surface area contributed by atoms with E-state index in [9.17, 15) is 8.42 Å². The molecular formula is C13H20BrClN2O2S. The number of rotatable bonds is 7. The van der Waals surface area contributed by atoms with E-state index in [1.807, 2.05) is 13.8 Å². The minimum Gasteiger partial charge on any atom is -0.242 e. The Hall–Kier alpha value is -0.170. The maximum Gasteiger partial charge on any atom is 0.246 e. The van der Waals surface area contributed by atoms with Crippen molar-refractivity contribution in [2.45, 2.75) is 51.0 Å². The van der Waals surface area contributed by atoms with Crippen molar-refractivity contribution in [1.82, 2.24) is 9.29 Å². The molecule has 0 saturated carbocycles. The third kappa shape index (κ3) is 4.41. The summed E-state index contributed by atoms with van der Waals surface area (Å²) in [5.41, 5.74) is 0. The molecule has 1 rings (SSSR count). The van der Waals surface area contributed by atoms with E-state index < -0.39 is 10.0 Å². The van der Waals surface area contributed by atoms with E-state index in [-0.39, 0.29) is 16.1 Å². The molecule has 0 unspecified atom stereocenters. The molecule has 0 aromatic carbocycles. The van der Waals surface area contributed by atoms with Crippen molar-refractivity contribution in [3.8, 4) is 0 Å². The van der Waals surface area contributed by atoms with E-state index in [1.54, 1.807) is 0 Å². The summed E-state index contributed by atoms with van der Waals surface area (Å²) >= 11 is 9.19. The summed E-state index contributed by atoms with van der Waals surface area (Å²) in [6, 6.07) is 1.38. The minimum absolute atomic E-state index is 0.00865. The summed E-state index contributed by atoms with van der Waals surface area (Å²) in [5, 5.41) is 0.00865. The van der Waals surface area contributed by atoms with Gasteiger partial charge in [0.25, 0.3) is 0 Å². The lowest BCUT2D eigenvalue weighted by Crippen LogP contribution is -2.37. The van der Waals surface area contributed by atoms with Crippen LogP contribution in [-0.2, 0) is 10.0 Å². The largest absolute Gasteiger partial charge is 0.246 e. The van der Waals surface area contributed by atoms with Gasteiger partial charge < -0.3 is 0 Å². The van der Waals surface area contributed by atoms with Crippen molar-refractivity contribution in [3.05, 3.63) is 21.9 Å². The standard InChI is InChI=1S/C13H20BrClN2O2S/c1-4-5-6-7-17(10(2)3)20(18,19)12-8-11(14)9-16-13(12)15/h8-10H,4-7H2,1-3H3. The molecular weight excluding hydrogens is 364 g/mol. The van der Waals surface area contributed by atoms with Gasteiger partial charge in [-0.1, -0.05) is 31.4 Å². The van der Waals surface area contributed by atoms with Gasteiger partial charge in [0.05, 0.1) is 0 Å². The molecule has 7 heteroatoms. The number of pyridine rings is 1. The molecule has 4 nitrogen and oxygen atoms in total. The highest BCUT2D eigenvalue weighted by Crippen LogP contribution is 2.27. The van der Waals surface area contributed by atoms with Gasteiger partial charge >= 0.3 is 0 Å². The lowest BCUT2D eigenvalue weighted by atomic mass is 10.2. The Kier molecular flexibility index (Phi) is 6.91. The van der Waals surface area contributed by atoms with Crippen LogP contribution in [0.4, 0.5) is 0 Å². The molecule has 0 aliphatic carbocycles. The summed E-state index contributed by atoms with van der Waals surface area (Å²) in [5.74, 6) is 0. The van der Waals surface area contributed by atoms with E-state index in [2.05, 4.69) is 27.8 Å². The Labute approximate surface area is 134 Å². The molecule has 1 aromatic rings. The molecule has 0 spiro atoms. The van der Waals surface area contributed by atoms with Gasteiger partial charge in [0, 0.05) is 23.3 Å². The van der Waals surface area contributed by atoms with Crippen LogP contribution in [-0.4, -0.2) is 30.3 Å². The lowest BCUT2D eigenvalue weighted by molar-refractivity contribution is 0.345. The van der Waals surface area contributed by atoms with Crippen molar-refractivity contribution in [2.75, 3.05) is 6.54 Å². The first-order chi connectivity index (χ1) is 9.30. The molecule has 0 N–H and O–H groups in total. The van der Waals surface area contributed by atoms with Crippen LogP contribution >= 0.6 is 27.5 Å². The van der Waals surface area contributed by atoms with Crippen LogP contribution in [0, 0.1) is 0 Å². The highest BCUT2D eigenvalue weighted by atomic mass is 79.9. The third-order valence-corrected chi connectivity index (χ3v) is 5.85. The van der Waals surface area contributed by atoms with E-state index in [0.29, 0.717) is 11.0 Å². The van der Waals surface area contributed by atoms with Crippen LogP contribution in [0.15, 0.2) is 21.6 Å². The zero-order valence-electron chi connectivity index (χ0n) is 11.9. The van der Waals surface area contributed by atoms with Crippen molar-refractivity contribution >= 4 is 37.6 Å². The first kappa shape index (κ1) is 17.9. The van der Waals surface area contributed by atoms with Crippen LogP contribution in [0.3, 0.4) is 0 Å². The summed E-state index contributed by atoms with van der Waals surface area (Å²) in [4.78, 5) is 3.95. The smallest absolute Gasteiger partial charge is 0.242 e. The summed E-state index contributed by atoms with van der Waals surface area (Å²) in [6.45, 7) is 6.31. The summed E-state index contributed by atoms with van der Waals surface area (Å²) < 4.78 is 27.5. The van der Waals surface area contributed by atoms with Gasteiger partial charge in [-0.25, -0.2) is 13.4 Å². The van der Waals surface area contributed by atoms with E-state index in [0.717, 1.165) is 19.3 Å². The first-order valence-electron chi connectivity index (χ1n) is 6.63. The monoisotopic (exact) mass is 382 g/mol. The zero-order chi connectivity index (χ0) is 15.3. The Morgan fingerprint density at radius 1 is 1.40 bits per heavy atom. The van der Waals surface area contributed by atoms with Gasteiger partial charge in [0.1, 0.15) is 10.0 Å². The Morgan fingerprint density at radius 2 is 2.05 bits per heavy atom. The Morgan fingerprint density at radius 3 is 2.60 bits per heavy atom. The Balaban J connectivity index is 3.12. The highest BCUT2D eigenvalue weighted by Gasteiger charge is 2.29. The second-order valence-electron chi connectivity index (χ2n) is 4.86. The van der Waals surface area contributed by atoms with E-state index in [4.69, 9.17) is 11.6 Å². The molecule has 0 fully saturated rings. The van der Waals surface area contributed by atoms with Crippen LogP contribution in [0.25, 0.3) is 0 Å². The third-order valence-electron chi connectivity index (χ3n) is 2.92. The fourth-order valence-electron chi connectivity index (χ4n) is 1.88. The average molecular weight is 384 g/mol. The predicted octanol–water partition coefficient (Wildman–Crippen LogP) is 4.09. The van der Waals surface area contributed by atoms with Gasteiger partial charge in [-0.05, 0) is 42.3 Å². The number of aromatic nitrogens is 1. The molecule has 0 amide bonds. The molecule has 0 atom stereocenters. The van der Waals surface area contributed by atoms with Gasteiger partial charge in [-0.2, -0.15) is 4.31 Å². The maximum atomic E-state index is 12.7. The average Bonchev–Trinajstić information content (AvgIpc) is 2.36. The first-order valence-corrected chi connectivity index (χ1v) is 9.24. The van der Waals surface area contributed by atoms with E-state index in [1.165, 1.54) is 16.6 Å². The number of unbranched alkanes of at least 4 members (excludes halogenated alkanes) is 2. The van der Waals surface area contributed by atoms with Gasteiger partial charge in [-0.3, -0.25) is 0 Å². The second-order valence-corrected chi connectivity index (χ2v) is 7.99. The minimum atomic E-state index is -3.63. The van der Waals surface area contributed by atoms with Gasteiger partial charge in [-0.15, -0.1) is 0 Å². The molecule has 1 heterocycles. The van der Waals surface area contributed by atoms with Crippen LogP contribution in [0.5, 0.6) is 0 Å². The number of halogens is 2. The molecule has 114 valence electrons. The SMILES string of the molecule is CCCCCN(C(C)C)S(=O)(=O)c1cc(Br)cnc1Cl. The topological polar surface area (TPSA) is 50.3 Å². The highest BCUT2D eigenvalue weighted by molar-refractivity contribution is 9.10. The normalized spacial score (nSPS) is 12.3. The number of sulfonamides is 1. The molecule has 0 aliphatic rings. The molecule has 20 heavy (non-hydrogen) atoms. The van der Waals surface area contributed by atoms with Crippen LogP contribution in [0.1, 0.15) is 40.0 Å². The van der Waals surface area contributed by atoms with Gasteiger partial charge in [0.2, 0.25) is 10.0 Å². The fraction of sp³-hybridized carbons (Fsp3) is 0.615. The van der Waals surface area contributed by atoms with E-state index >= 15 is 0 Å². The fourth-order valence-corrected chi connectivity index (χ4v) is 4.48. The van der Waals surface area contributed by atoms with Crippen LogP contribution < -0.4 is 0 Å². The quantitative estimate of drug-likeness (QED) is 0.526. The lowest BCUT2D eigenvalue weighted by Gasteiger charge is -2.26. The van der Waals surface area contributed by atoms with Crippen molar-refractivity contribution in [3.63, 3.8) is 0 Å². The molecule has 0 aliphatic heterocycles. The molecule has 0 bridgehead atoms. The molecule has 0 saturated heterocycles. The van der Waals surface area contributed by atoms with Gasteiger partial charge in [0.15, 0.2) is 0 Å². The number of nitrogens with zero attached hydrogens (tertiary/aromatic N) is 2. The van der Waals surface area contributed by atoms with Crippen molar-refractivity contribution in [1.29, 1.82) is 0 Å². The maximum absolute atomic E-state index is 12.7. The summed E-state index contributed by atoms with van der Waals surface area (Å²) in [6.07, 6.45) is 4.37. The van der Waals surface area contributed by atoms with Crippen LogP contribution in [0.2, 0.25) is 5.15 Å². The number of hydrogen-bond acceptors (Lipinski definition) is 3. The van der Waals surface area contributed by atoms with Crippen molar-refractivity contribution in [2.24, 2.45) is 0 Å².